The fourth-order valence-electron chi connectivity index (χ4n) is 4.32. The van der Waals surface area contributed by atoms with Crippen LogP contribution in [0.25, 0.3) is 5.00 Å². The first-order valence-corrected chi connectivity index (χ1v) is 12.5. The average molecular weight is 432 g/mol. The van der Waals surface area contributed by atoms with Gasteiger partial charge < -0.3 is 15.2 Å². The SMILES string of the molecule is CC(C)NC(=O)C1CCCC(NC(=O)c2c(-n3cccc3)sc3c2CCSC3)C1. The van der Waals surface area contributed by atoms with Gasteiger partial charge in [-0.1, -0.05) is 6.42 Å². The van der Waals surface area contributed by atoms with Crippen LogP contribution in [0.15, 0.2) is 24.5 Å². The molecule has 1 aliphatic heterocycles. The van der Waals surface area contributed by atoms with Crippen LogP contribution in [0, 0.1) is 5.92 Å². The lowest BCUT2D eigenvalue weighted by molar-refractivity contribution is -0.126. The van der Waals surface area contributed by atoms with E-state index in [1.165, 1.54) is 10.4 Å². The topological polar surface area (TPSA) is 63.1 Å². The summed E-state index contributed by atoms with van der Waals surface area (Å²) in [6, 6.07) is 4.20. The largest absolute Gasteiger partial charge is 0.354 e. The Kier molecular flexibility index (Phi) is 6.35. The van der Waals surface area contributed by atoms with E-state index in [2.05, 4.69) is 15.2 Å². The molecule has 4 rings (SSSR count). The smallest absolute Gasteiger partial charge is 0.254 e. The number of nitrogens with zero attached hydrogens (tertiary/aromatic N) is 1. The molecule has 2 atom stereocenters. The van der Waals surface area contributed by atoms with Gasteiger partial charge >= 0.3 is 0 Å². The van der Waals surface area contributed by atoms with Gasteiger partial charge in [-0.25, -0.2) is 0 Å². The lowest BCUT2D eigenvalue weighted by Gasteiger charge is -2.29. The van der Waals surface area contributed by atoms with Gasteiger partial charge in [0, 0.05) is 41.0 Å². The van der Waals surface area contributed by atoms with Crippen molar-refractivity contribution in [1.29, 1.82) is 0 Å². The molecular formula is C22H29N3O2S2. The van der Waals surface area contributed by atoms with Crippen molar-refractivity contribution in [3.05, 3.63) is 40.5 Å². The lowest BCUT2D eigenvalue weighted by Crippen LogP contribution is -2.44. The van der Waals surface area contributed by atoms with E-state index in [9.17, 15) is 9.59 Å². The monoisotopic (exact) mass is 431 g/mol. The highest BCUT2D eigenvalue weighted by atomic mass is 32.2. The van der Waals surface area contributed by atoms with Crippen molar-refractivity contribution in [2.45, 2.75) is 63.8 Å². The van der Waals surface area contributed by atoms with Crippen LogP contribution in [-0.2, 0) is 17.0 Å². The van der Waals surface area contributed by atoms with Crippen molar-refractivity contribution < 1.29 is 9.59 Å². The minimum absolute atomic E-state index is 0.00633. The fraction of sp³-hybridized carbons (Fsp3) is 0.545. The number of nitrogens with one attached hydrogen (secondary N) is 2. The summed E-state index contributed by atoms with van der Waals surface area (Å²) in [7, 11) is 0. The number of aromatic nitrogens is 1. The van der Waals surface area contributed by atoms with Gasteiger partial charge in [0.25, 0.3) is 5.91 Å². The van der Waals surface area contributed by atoms with E-state index in [1.54, 1.807) is 11.3 Å². The van der Waals surface area contributed by atoms with Gasteiger partial charge in [-0.3, -0.25) is 9.59 Å². The van der Waals surface area contributed by atoms with Gasteiger partial charge in [-0.05, 0) is 63.0 Å². The van der Waals surface area contributed by atoms with E-state index < -0.39 is 0 Å². The zero-order chi connectivity index (χ0) is 20.4. The maximum Gasteiger partial charge on any atom is 0.254 e. The first-order chi connectivity index (χ1) is 14.0. The van der Waals surface area contributed by atoms with E-state index >= 15 is 0 Å². The number of thioether (sulfide) groups is 1. The number of hydrogen-bond donors (Lipinski definition) is 2. The van der Waals surface area contributed by atoms with Crippen molar-refractivity contribution in [2.75, 3.05) is 5.75 Å². The van der Waals surface area contributed by atoms with Crippen LogP contribution in [-0.4, -0.2) is 34.2 Å². The Morgan fingerprint density at radius 3 is 2.76 bits per heavy atom. The second kappa shape index (κ2) is 8.96. The predicted molar refractivity (Wildman–Crippen MR) is 120 cm³/mol. The molecule has 5 nitrogen and oxygen atoms in total. The molecule has 2 unspecified atom stereocenters. The standard InChI is InChI=1S/C22H29N3O2S2/c1-14(2)23-20(26)15-6-5-7-16(12-15)24-21(27)19-17-8-11-28-13-18(17)29-22(19)25-9-3-4-10-25/h3-4,9-10,14-16H,5-8,11-13H2,1-2H3,(H,23,26)(H,24,27). The highest BCUT2D eigenvalue weighted by Crippen LogP contribution is 2.38. The van der Waals surface area contributed by atoms with Crippen molar-refractivity contribution in [2.24, 2.45) is 5.92 Å². The molecule has 2 N–H and O–H groups in total. The lowest BCUT2D eigenvalue weighted by atomic mass is 9.84. The van der Waals surface area contributed by atoms with Crippen LogP contribution < -0.4 is 10.6 Å². The Labute approximate surface area is 180 Å². The second-order valence-electron chi connectivity index (χ2n) is 8.27. The van der Waals surface area contributed by atoms with Crippen LogP contribution >= 0.6 is 23.1 Å². The van der Waals surface area contributed by atoms with Gasteiger partial charge in [-0.15, -0.1) is 11.3 Å². The number of thiophene rings is 1. The summed E-state index contributed by atoms with van der Waals surface area (Å²) in [5, 5.41) is 7.32. The maximum atomic E-state index is 13.4. The van der Waals surface area contributed by atoms with Crippen LogP contribution in [0.4, 0.5) is 0 Å². The van der Waals surface area contributed by atoms with Crippen LogP contribution in [0.1, 0.15) is 60.3 Å². The number of carbonyl (C=O) groups excluding carboxylic acids is 2. The van der Waals surface area contributed by atoms with E-state index in [1.807, 2.05) is 50.1 Å². The molecule has 0 radical (unpaired) electrons. The third-order valence-corrected chi connectivity index (χ3v) is 8.09. The zero-order valence-corrected chi connectivity index (χ0v) is 18.7. The second-order valence-corrected chi connectivity index (χ2v) is 10.5. The van der Waals surface area contributed by atoms with Gasteiger partial charge in [-0.2, -0.15) is 11.8 Å². The highest BCUT2D eigenvalue weighted by molar-refractivity contribution is 7.98. The van der Waals surface area contributed by atoms with Crippen molar-refractivity contribution in [3.63, 3.8) is 0 Å². The molecule has 1 aliphatic carbocycles. The Morgan fingerprint density at radius 2 is 2.00 bits per heavy atom. The molecule has 0 saturated heterocycles. The molecule has 0 aromatic carbocycles. The number of fused-ring (bicyclic) bond motifs is 1. The Morgan fingerprint density at radius 1 is 1.21 bits per heavy atom. The summed E-state index contributed by atoms with van der Waals surface area (Å²) in [6.07, 6.45) is 8.52. The summed E-state index contributed by atoms with van der Waals surface area (Å²) in [6.45, 7) is 3.97. The van der Waals surface area contributed by atoms with Crippen LogP contribution in [0.3, 0.4) is 0 Å². The van der Waals surface area contributed by atoms with E-state index in [0.717, 1.165) is 54.2 Å². The van der Waals surface area contributed by atoms with E-state index in [0.29, 0.717) is 0 Å². The minimum Gasteiger partial charge on any atom is -0.354 e. The molecule has 2 aromatic heterocycles. The average Bonchev–Trinajstić information content (AvgIpc) is 3.35. The van der Waals surface area contributed by atoms with E-state index in [-0.39, 0.29) is 29.8 Å². The Balaban J connectivity index is 1.53. The summed E-state index contributed by atoms with van der Waals surface area (Å²) < 4.78 is 2.06. The molecule has 1 fully saturated rings. The first-order valence-electron chi connectivity index (χ1n) is 10.5. The molecule has 2 aliphatic rings. The van der Waals surface area contributed by atoms with Crippen molar-refractivity contribution >= 4 is 34.9 Å². The summed E-state index contributed by atoms with van der Waals surface area (Å²) in [4.78, 5) is 27.2. The number of amides is 2. The maximum absolute atomic E-state index is 13.4. The predicted octanol–water partition coefficient (Wildman–Crippen LogP) is 4.14. The molecule has 29 heavy (non-hydrogen) atoms. The molecule has 0 spiro atoms. The number of hydrogen-bond acceptors (Lipinski definition) is 4. The molecule has 2 aromatic rings. The minimum atomic E-state index is -0.00633. The molecule has 7 heteroatoms. The zero-order valence-electron chi connectivity index (χ0n) is 17.1. The van der Waals surface area contributed by atoms with Gasteiger partial charge in [0.2, 0.25) is 5.91 Å². The normalized spacial score (nSPS) is 21.6. The molecule has 156 valence electrons. The van der Waals surface area contributed by atoms with Gasteiger partial charge in [0.1, 0.15) is 5.00 Å². The van der Waals surface area contributed by atoms with Gasteiger partial charge in [0.05, 0.1) is 5.56 Å². The Bertz CT molecular complexity index is 873. The molecule has 3 heterocycles. The molecule has 1 saturated carbocycles. The third kappa shape index (κ3) is 4.56. The first kappa shape index (κ1) is 20.5. The summed E-state index contributed by atoms with van der Waals surface area (Å²) in [5.74, 6) is 2.19. The number of rotatable bonds is 5. The van der Waals surface area contributed by atoms with Crippen molar-refractivity contribution in [3.8, 4) is 5.00 Å². The van der Waals surface area contributed by atoms with Crippen molar-refractivity contribution in [1.82, 2.24) is 15.2 Å². The van der Waals surface area contributed by atoms with E-state index in [4.69, 9.17) is 0 Å². The Hall–Kier alpha value is -1.73. The third-order valence-electron chi connectivity index (χ3n) is 5.68. The fourth-order valence-corrected chi connectivity index (χ4v) is 6.77. The molecule has 2 amide bonds. The highest BCUT2D eigenvalue weighted by Gasteiger charge is 2.31. The van der Waals surface area contributed by atoms with Crippen LogP contribution in [0.5, 0.6) is 0 Å². The quantitative estimate of drug-likeness (QED) is 0.748. The van der Waals surface area contributed by atoms with Crippen LogP contribution in [0.2, 0.25) is 0 Å². The summed E-state index contributed by atoms with van der Waals surface area (Å²) in [5.41, 5.74) is 2.06. The molecular weight excluding hydrogens is 402 g/mol. The van der Waals surface area contributed by atoms with Gasteiger partial charge in [0.15, 0.2) is 0 Å². The summed E-state index contributed by atoms with van der Waals surface area (Å²) >= 11 is 3.68. The molecule has 0 bridgehead atoms. The number of carbonyl (C=O) groups is 2.